The highest BCUT2D eigenvalue weighted by molar-refractivity contribution is 6.08. The number of carbonyl (C=O) groups is 2. The lowest BCUT2D eigenvalue weighted by Crippen LogP contribution is -2.42. The lowest BCUT2D eigenvalue weighted by molar-refractivity contribution is -0.117. The van der Waals surface area contributed by atoms with Crippen LogP contribution in [-0.4, -0.2) is 29.8 Å². The predicted octanol–water partition coefficient (Wildman–Crippen LogP) is 4.31. The van der Waals surface area contributed by atoms with Crippen LogP contribution < -0.4 is 5.32 Å². The number of carbonyl (C=O) groups excluding carboxylic acids is 2. The summed E-state index contributed by atoms with van der Waals surface area (Å²) in [6.45, 7) is 5.97. The van der Waals surface area contributed by atoms with Crippen LogP contribution in [0.5, 0.6) is 0 Å². The molecule has 26 heavy (non-hydrogen) atoms. The Labute approximate surface area is 154 Å². The molecule has 4 rings (SSSR count). The fourth-order valence-corrected chi connectivity index (χ4v) is 4.10. The van der Waals surface area contributed by atoms with E-state index in [4.69, 9.17) is 0 Å². The third-order valence-electron chi connectivity index (χ3n) is 5.48. The molecule has 1 saturated heterocycles. The number of fused-ring (bicyclic) bond motifs is 1. The SMILES string of the molecule is CC1CC(C)CN(C(=O)c2cc3ccccc3cc2NC(=O)C2CC2)C1. The molecule has 1 N–H and O–H groups in total. The van der Waals surface area contributed by atoms with Gasteiger partial charge in [-0.3, -0.25) is 9.59 Å². The Hall–Kier alpha value is -2.36. The highest BCUT2D eigenvalue weighted by atomic mass is 16.2. The van der Waals surface area contributed by atoms with Gasteiger partial charge in [0.05, 0.1) is 11.3 Å². The molecule has 2 fully saturated rings. The average Bonchev–Trinajstić information content (AvgIpc) is 3.45. The molecule has 2 unspecified atom stereocenters. The normalized spacial score (nSPS) is 23.1. The number of likely N-dealkylation sites (tertiary alicyclic amines) is 1. The van der Waals surface area contributed by atoms with Crippen LogP contribution in [0.2, 0.25) is 0 Å². The molecule has 0 aromatic heterocycles. The van der Waals surface area contributed by atoms with Gasteiger partial charge in [-0.05, 0) is 54.0 Å². The van der Waals surface area contributed by atoms with E-state index in [-0.39, 0.29) is 17.7 Å². The molecule has 2 atom stereocenters. The summed E-state index contributed by atoms with van der Waals surface area (Å²) in [5.41, 5.74) is 1.26. The summed E-state index contributed by atoms with van der Waals surface area (Å²) in [5.74, 6) is 1.19. The first-order valence-electron chi connectivity index (χ1n) is 9.64. The maximum absolute atomic E-state index is 13.3. The van der Waals surface area contributed by atoms with E-state index in [9.17, 15) is 9.59 Å². The first-order chi connectivity index (χ1) is 12.5. The number of nitrogens with zero attached hydrogens (tertiary/aromatic N) is 1. The van der Waals surface area contributed by atoms with E-state index in [1.165, 1.54) is 0 Å². The second-order valence-electron chi connectivity index (χ2n) is 8.16. The van der Waals surface area contributed by atoms with Crippen molar-refractivity contribution in [1.82, 2.24) is 4.90 Å². The zero-order chi connectivity index (χ0) is 18.3. The second-order valence-corrected chi connectivity index (χ2v) is 8.16. The third-order valence-corrected chi connectivity index (χ3v) is 5.48. The van der Waals surface area contributed by atoms with Gasteiger partial charge in [0, 0.05) is 19.0 Å². The summed E-state index contributed by atoms with van der Waals surface area (Å²) < 4.78 is 0. The van der Waals surface area contributed by atoms with Gasteiger partial charge in [-0.15, -0.1) is 0 Å². The molecule has 1 aliphatic carbocycles. The number of piperidine rings is 1. The summed E-state index contributed by atoms with van der Waals surface area (Å²) in [6, 6.07) is 11.9. The van der Waals surface area contributed by atoms with Gasteiger partial charge in [-0.2, -0.15) is 0 Å². The molecular weight excluding hydrogens is 324 g/mol. The van der Waals surface area contributed by atoms with Crippen LogP contribution in [0.4, 0.5) is 5.69 Å². The van der Waals surface area contributed by atoms with Gasteiger partial charge in [0.15, 0.2) is 0 Å². The molecule has 2 aromatic carbocycles. The molecule has 1 saturated carbocycles. The Kier molecular flexibility index (Phi) is 4.43. The first kappa shape index (κ1) is 17.1. The van der Waals surface area contributed by atoms with Crippen LogP contribution in [0, 0.1) is 17.8 Å². The van der Waals surface area contributed by atoms with Crippen LogP contribution in [0.1, 0.15) is 43.5 Å². The van der Waals surface area contributed by atoms with Gasteiger partial charge in [0.2, 0.25) is 5.91 Å². The van der Waals surface area contributed by atoms with Crippen LogP contribution in [0.25, 0.3) is 10.8 Å². The van der Waals surface area contributed by atoms with Crippen LogP contribution in [-0.2, 0) is 4.79 Å². The van der Waals surface area contributed by atoms with E-state index >= 15 is 0 Å². The predicted molar refractivity (Wildman–Crippen MR) is 104 cm³/mol. The van der Waals surface area contributed by atoms with Crippen molar-refractivity contribution >= 4 is 28.3 Å². The summed E-state index contributed by atoms with van der Waals surface area (Å²) in [6.07, 6.45) is 3.06. The Morgan fingerprint density at radius 3 is 2.23 bits per heavy atom. The molecule has 2 aromatic rings. The van der Waals surface area contributed by atoms with Crippen molar-refractivity contribution in [2.75, 3.05) is 18.4 Å². The molecule has 1 aliphatic heterocycles. The molecule has 0 spiro atoms. The number of amides is 2. The Bertz CT molecular complexity index is 846. The lowest BCUT2D eigenvalue weighted by Gasteiger charge is -2.35. The minimum Gasteiger partial charge on any atom is -0.338 e. The fraction of sp³-hybridized carbons (Fsp3) is 0.455. The molecule has 1 heterocycles. The molecule has 0 bridgehead atoms. The number of rotatable bonds is 3. The quantitative estimate of drug-likeness (QED) is 0.897. The molecule has 2 amide bonds. The van der Waals surface area contributed by atoms with Crippen LogP contribution >= 0.6 is 0 Å². The number of hydrogen-bond acceptors (Lipinski definition) is 2. The van der Waals surface area contributed by atoms with Gasteiger partial charge in [-0.1, -0.05) is 38.1 Å². The monoisotopic (exact) mass is 350 g/mol. The minimum atomic E-state index is 0.0280. The average molecular weight is 350 g/mol. The number of anilines is 1. The van der Waals surface area contributed by atoms with Gasteiger partial charge in [0.1, 0.15) is 0 Å². The highest BCUT2D eigenvalue weighted by Gasteiger charge is 2.32. The zero-order valence-corrected chi connectivity index (χ0v) is 15.5. The standard InChI is InChI=1S/C22H26N2O2/c1-14-9-15(2)13-24(12-14)22(26)19-10-17-5-3-4-6-18(17)11-20(19)23-21(25)16-7-8-16/h3-6,10-11,14-16H,7-9,12-13H2,1-2H3,(H,23,25). The highest BCUT2D eigenvalue weighted by Crippen LogP contribution is 2.33. The summed E-state index contributed by atoms with van der Waals surface area (Å²) in [4.78, 5) is 27.6. The van der Waals surface area contributed by atoms with Gasteiger partial charge >= 0.3 is 0 Å². The molecule has 0 radical (unpaired) electrons. The minimum absolute atomic E-state index is 0.0280. The number of nitrogens with one attached hydrogen (secondary N) is 1. The maximum Gasteiger partial charge on any atom is 0.256 e. The molecule has 2 aliphatic rings. The van der Waals surface area contributed by atoms with Crippen molar-refractivity contribution in [3.05, 3.63) is 42.0 Å². The lowest BCUT2D eigenvalue weighted by atomic mass is 9.91. The van der Waals surface area contributed by atoms with Crippen molar-refractivity contribution in [2.45, 2.75) is 33.1 Å². The van der Waals surface area contributed by atoms with Crippen molar-refractivity contribution in [2.24, 2.45) is 17.8 Å². The van der Waals surface area contributed by atoms with E-state index < -0.39 is 0 Å². The summed E-state index contributed by atoms with van der Waals surface area (Å²) in [5, 5.41) is 5.08. The largest absolute Gasteiger partial charge is 0.338 e. The fourth-order valence-electron chi connectivity index (χ4n) is 4.10. The zero-order valence-electron chi connectivity index (χ0n) is 15.5. The third kappa shape index (κ3) is 3.46. The van der Waals surface area contributed by atoms with Gasteiger partial charge in [-0.25, -0.2) is 0 Å². The van der Waals surface area contributed by atoms with Crippen molar-refractivity contribution in [1.29, 1.82) is 0 Å². The van der Waals surface area contributed by atoms with Crippen LogP contribution in [0.3, 0.4) is 0 Å². The summed E-state index contributed by atoms with van der Waals surface area (Å²) in [7, 11) is 0. The van der Waals surface area contributed by atoms with E-state index in [1.54, 1.807) is 0 Å². The van der Waals surface area contributed by atoms with E-state index in [1.807, 2.05) is 41.3 Å². The smallest absolute Gasteiger partial charge is 0.256 e. The Morgan fingerprint density at radius 1 is 1.00 bits per heavy atom. The Balaban J connectivity index is 1.71. The van der Waals surface area contributed by atoms with Gasteiger partial charge < -0.3 is 10.2 Å². The van der Waals surface area contributed by atoms with Crippen molar-refractivity contribution in [3.8, 4) is 0 Å². The number of benzene rings is 2. The molecule has 4 heteroatoms. The molecule has 4 nitrogen and oxygen atoms in total. The van der Waals surface area contributed by atoms with Crippen molar-refractivity contribution < 1.29 is 9.59 Å². The van der Waals surface area contributed by atoms with E-state index in [0.29, 0.717) is 23.1 Å². The summed E-state index contributed by atoms with van der Waals surface area (Å²) >= 11 is 0. The maximum atomic E-state index is 13.3. The van der Waals surface area contributed by atoms with E-state index in [2.05, 4.69) is 19.2 Å². The molecule has 136 valence electrons. The van der Waals surface area contributed by atoms with E-state index in [0.717, 1.165) is 43.1 Å². The van der Waals surface area contributed by atoms with Crippen molar-refractivity contribution in [3.63, 3.8) is 0 Å². The first-order valence-corrected chi connectivity index (χ1v) is 9.64. The topological polar surface area (TPSA) is 49.4 Å². The van der Waals surface area contributed by atoms with Crippen LogP contribution in [0.15, 0.2) is 36.4 Å². The second kappa shape index (κ2) is 6.75. The van der Waals surface area contributed by atoms with Gasteiger partial charge in [0.25, 0.3) is 5.91 Å². The molecular formula is C22H26N2O2. The Morgan fingerprint density at radius 2 is 1.62 bits per heavy atom. The number of hydrogen-bond donors (Lipinski definition) is 1.